The Morgan fingerprint density at radius 3 is 2.65 bits per heavy atom. The molecule has 8 nitrogen and oxygen atoms in total. The maximum atomic E-state index is 14.0. The largest absolute Gasteiger partial charge is 0.483 e. The Hall–Kier alpha value is -2.91. The number of aliphatic hydroxyl groups excluding tert-OH is 1. The van der Waals surface area contributed by atoms with Crippen LogP contribution in [0.5, 0.6) is 5.75 Å². The number of hydrogen-bond acceptors (Lipinski definition) is 7. The van der Waals surface area contributed by atoms with Gasteiger partial charge in [0.05, 0.1) is 17.2 Å². The molecule has 2 aliphatic rings. The molecule has 2 heterocycles. The van der Waals surface area contributed by atoms with Gasteiger partial charge in [0.1, 0.15) is 5.75 Å². The number of aliphatic hydroxyl groups is 1. The molecule has 0 saturated heterocycles. The van der Waals surface area contributed by atoms with Crippen molar-refractivity contribution in [2.75, 3.05) is 4.31 Å². The summed E-state index contributed by atoms with van der Waals surface area (Å²) in [5, 5.41) is 17.6. The predicted octanol–water partition coefficient (Wildman–Crippen LogP) is 3.93. The van der Waals surface area contributed by atoms with E-state index in [1.165, 1.54) is 11.6 Å². The third-order valence-electron chi connectivity index (χ3n) is 6.64. The summed E-state index contributed by atoms with van der Waals surface area (Å²) < 4.78 is 40.6. The first kappa shape index (κ1) is 22.9. The second kappa shape index (κ2) is 9.03. The van der Waals surface area contributed by atoms with Gasteiger partial charge in [0.2, 0.25) is 5.89 Å². The predicted molar refractivity (Wildman–Crippen MR) is 126 cm³/mol. The number of rotatable bonds is 8. The zero-order valence-electron chi connectivity index (χ0n) is 19.4. The minimum atomic E-state index is -3.84. The van der Waals surface area contributed by atoms with Gasteiger partial charge in [-0.25, -0.2) is 8.42 Å². The Balaban J connectivity index is 1.48. The summed E-state index contributed by atoms with van der Waals surface area (Å²) in [4.78, 5) is 0.149. The van der Waals surface area contributed by atoms with Gasteiger partial charge in [-0.15, -0.1) is 10.2 Å². The summed E-state index contributed by atoms with van der Waals surface area (Å²) >= 11 is 0. The molecule has 1 aliphatic heterocycles. The fourth-order valence-corrected chi connectivity index (χ4v) is 6.55. The molecule has 9 heteroatoms. The first-order valence-electron chi connectivity index (χ1n) is 11.7. The molecule has 1 aromatic heterocycles. The Morgan fingerprint density at radius 2 is 1.97 bits per heavy atom. The fraction of sp³-hybridized carbons (Fsp3) is 0.440. The second-order valence-electron chi connectivity index (χ2n) is 8.99. The van der Waals surface area contributed by atoms with Crippen LogP contribution >= 0.6 is 0 Å². The molecular formula is C25H29N3O5S. The van der Waals surface area contributed by atoms with Gasteiger partial charge in [0.25, 0.3) is 15.9 Å². The lowest BCUT2D eigenvalue weighted by Gasteiger charge is -2.38. The average molecular weight is 484 g/mol. The average Bonchev–Trinajstić information content (AvgIpc) is 3.62. The molecule has 34 heavy (non-hydrogen) atoms. The molecule has 1 fully saturated rings. The van der Waals surface area contributed by atoms with Crippen LogP contribution in [0.3, 0.4) is 0 Å². The van der Waals surface area contributed by atoms with Crippen molar-refractivity contribution in [3.8, 4) is 5.75 Å². The van der Waals surface area contributed by atoms with Crippen LogP contribution in [0.4, 0.5) is 5.69 Å². The van der Waals surface area contributed by atoms with Crippen molar-refractivity contribution in [3.05, 3.63) is 64.9 Å². The van der Waals surface area contributed by atoms with Gasteiger partial charge in [-0.3, -0.25) is 4.31 Å². The number of ether oxygens (including phenoxy) is 1. The molecule has 0 amide bonds. The number of anilines is 1. The van der Waals surface area contributed by atoms with Crippen molar-refractivity contribution in [3.63, 3.8) is 0 Å². The fourth-order valence-electron chi connectivity index (χ4n) is 4.72. The Morgan fingerprint density at radius 1 is 1.15 bits per heavy atom. The first-order chi connectivity index (χ1) is 16.4. The van der Waals surface area contributed by atoms with Crippen molar-refractivity contribution in [1.29, 1.82) is 0 Å². The third-order valence-corrected chi connectivity index (χ3v) is 8.48. The lowest BCUT2D eigenvalue weighted by molar-refractivity contribution is 0.239. The van der Waals surface area contributed by atoms with Gasteiger partial charge in [-0.2, -0.15) is 0 Å². The molecule has 1 unspecified atom stereocenters. The summed E-state index contributed by atoms with van der Waals surface area (Å²) in [6, 6.07) is 10.7. The Bertz CT molecular complexity index is 1300. The van der Waals surface area contributed by atoms with Crippen molar-refractivity contribution in [1.82, 2.24) is 10.2 Å². The molecule has 0 radical (unpaired) electrons. The molecule has 2 aromatic carbocycles. The third kappa shape index (κ3) is 4.30. The van der Waals surface area contributed by atoms with Crippen LogP contribution in [0.25, 0.3) is 0 Å². The Labute approximate surface area is 199 Å². The van der Waals surface area contributed by atoms with E-state index in [4.69, 9.17) is 9.15 Å². The van der Waals surface area contributed by atoms with E-state index >= 15 is 0 Å². The molecular weight excluding hydrogens is 454 g/mol. The van der Waals surface area contributed by atoms with Gasteiger partial charge in [0, 0.05) is 18.5 Å². The van der Waals surface area contributed by atoms with Crippen LogP contribution in [0, 0.1) is 12.8 Å². The highest BCUT2D eigenvalue weighted by molar-refractivity contribution is 7.92. The smallest absolute Gasteiger partial charge is 0.264 e. The highest BCUT2D eigenvalue weighted by atomic mass is 32.2. The van der Waals surface area contributed by atoms with E-state index in [-0.39, 0.29) is 24.2 Å². The van der Waals surface area contributed by atoms with E-state index < -0.39 is 10.0 Å². The van der Waals surface area contributed by atoms with Crippen molar-refractivity contribution in [2.24, 2.45) is 5.92 Å². The van der Waals surface area contributed by atoms with Gasteiger partial charge in [0.15, 0.2) is 6.61 Å². The lowest BCUT2D eigenvalue weighted by Crippen LogP contribution is -2.45. The van der Waals surface area contributed by atoms with Crippen molar-refractivity contribution >= 4 is 15.7 Å². The van der Waals surface area contributed by atoms with E-state index in [0.717, 1.165) is 43.4 Å². The standard InChI is InChI=1S/C25H29N3O5S/c1-3-17-4-9-23-19(12-17)7-10-22(18-5-6-18)28(23)34(30,31)21-8-11-24(20(13-21)14-29)32-15-25-27-26-16(2)33-25/h4,8-9,11-13,18,22,29H,3,5-7,10,14-15H2,1-2H3. The highest BCUT2D eigenvalue weighted by Gasteiger charge is 2.43. The van der Waals surface area contributed by atoms with Crippen LogP contribution in [0.2, 0.25) is 0 Å². The molecule has 1 aliphatic carbocycles. The quantitative estimate of drug-likeness (QED) is 0.517. The van der Waals surface area contributed by atoms with Crippen LogP contribution in [-0.2, 0) is 36.1 Å². The van der Waals surface area contributed by atoms with E-state index in [9.17, 15) is 13.5 Å². The molecule has 0 bridgehead atoms. The van der Waals surface area contributed by atoms with Gasteiger partial charge < -0.3 is 14.3 Å². The lowest BCUT2D eigenvalue weighted by atomic mass is 9.93. The van der Waals surface area contributed by atoms with Crippen LogP contribution < -0.4 is 9.04 Å². The number of aromatic nitrogens is 2. The number of aryl methyl sites for hydroxylation is 3. The molecule has 1 saturated carbocycles. The summed E-state index contributed by atoms with van der Waals surface area (Å²) in [5.74, 6) is 1.51. The molecule has 1 N–H and O–H groups in total. The summed E-state index contributed by atoms with van der Waals surface area (Å²) in [5.41, 5.74) is 3.45. The van der Waals surface area contributed by atoms with E-state index in [2.05, 4.69) is 23.2 Å². The van der Waals surface area contributed by atoms with E-state index in [1.807, 2.05) is 12.1 Å². The molecule has 1 atom stereocenters. The van der Waals surface area contributed by atoms with E-state index in [1.54, 1.807) is 23.4 Å². The van der Waals surface area contributed by atoms with Crippen molar-refractivity contribution in [2.45, 2.75) is 70.1 Å². The highest BCUT2D eigenvalue weighted by Crippen LogP contribution is 2.45. The zero-order chi connectivity index (χ0) is 23.9. The zero-order valence-corrected chi connectivity index (χ0v) is 20.2. The molecule has 5 rings (SSSR count). The molecule has 3 aromatic rings. The van der Waals surface area contributed by atoms with Crippen LogP contribution in [-0.4, -0.2) is 29.8 Å². The first-order valence-corrected chi connectivity index (χ1v) is 13.2. The van der Waals surface area contributed by atoms with Crippen molar-refractivity contribution < 1.29 is 22.7 Å². The Kier molecular flexibility index (Phi) is 6.07. The van der Waals surface area contributed by atoms with Gasteiger partial charge in [-0.1, -0.05) is 19.1 Å². The molecule has 180 valence electrons. The number of sulfonamides is 1. The minimum absolute atomic E-state index is 0.0307. The second-order valence-corrected chi connectivity index (χ2v) is 10.8. The maximum absolute atomic E-state index is 14.0. The summed E-state index contributed by atoms with van der Waals surface area (Å²) in [6.07, 6.45) is 4.74. The number of nitrogens with zero attached hydrogens (tertiary/aromatic N) is 3. The minimum Gasteiger partial charge on any atom is -0.483 e. The monoisotopic (exact) mass is 483 g/mol. The van der Waals surface area contributed by atoms with Crippen LogP contribution in [0.15, 0.2) is 45.7 Å². The van der Waals surface area contributed by atoms with E-state index in [0.29, 0.717) is 29.0 Å². The normalized spacial score (nSPS) is 18.1. The topological polar surface area (TPSA) is 106 Å². The van der Waals surface area contributed by atoms with Gasteiger partial charge in [-0.05, 0) is 73.4 Å². The number of fused-ring (bicyclic) bond motifs is 1. The number of hydrogen-bond donors (Lipinski definition) is 1. The van der Waals surface area contributed by atoms with Gasteiger partial charge >= 0.3 is 0 Å². The molecule has 0 spiro atoms. The maximum Gasteiger partial charge on any atom is 0.264 e. The summed E-state index contributed by atoms with van der Waals surface area (Å²) in [7, 11) is -3.84. The SMILES string of the molecule is CCc1ccc2c(c1)CCC(C1CC1)N2S(=O)(=O)c1ccc(OCc2nnc(C)o2)c(CO)c1. The number of benzene rings is 2. The summed E-state index contributed by atoms with van der Waals surface area (Å²) in [6.45, 7) is 3.46. The van der Waals surface area contributed by atoms with Crippen LogP contribution in [0.1, 0.15) is 54.7 Å².